The van der Waals surface area contributed by atoms with Gasteiger partial charge in [0.25, 0.3) is 0 Å². The standard InChI is InChI=1S/C22H24N4O4/c1-22(30-5)19(27)18(20-24-16-8-6-7-9-17(16)25-20)21(23-2)26(22)13-10-14(28-3)12-15(11-13)29-4/h6-12,18H,1-5H3,(H,24,25). The second-order valence-electron chi connectivity index (χ2n) is 7.11. The van der Waals surface area contributed by atoms with E-state index in [4.69, 9.17) is 14.2 Å². The molecule has 2 unspecified atom stereocenters. The Bertz CT molecular complexity index is 1080. The molecule has 8 heteroatoms. The van der Waals surface area contributed by atoms with Crippen molar-refractivity contribution in [1.29, 1.82) is 0 Å². The van der Waals surface area contributed by atoms with Crippen molar-refractivity contribution in [3.8, 4) is 11.5 Å². The molecule has 2 heterocycles. The molecule has 0 bridgehead atoms. The zero-order chi connectivity index (χ0) is 21.5. The number of fused-ring (bicyclic) bond motifs is 1. The molecule has 2 atom stereocenters. The number of imidazole rings is 1. The van der Waals surface area contributed by atoms with Gasteiger partial charge in [-0.15, -0.1) is 0 Å². The van der Waals surface area contributed by atoms with Crippen molar-refractivity contribution in [2.75, 3.05) is 33.3 Å². The van der Waals surface area contributed by atoms with Gasteiger partial charge in [0.2, 0.25) is 11.5 Å². The van der Waals surface area contributed by atoms with Crippen LogP contribution in [0.5, 0.6) is 11.5 Å². The Hall–Kier alpha value is -3.39. The summed E-state index contributed by atoms with van der Waals surface area (Å²) in [7, 11) is 6.32. The summed E-state index contributed by atoms with van der Waals surface area (Å²) in [6, 6.07) is 13.1. The van der Waals surface area contributed by atoms with E-state index >= 15 is 0 Å². The van der Waals surface area contributed by atoms with Crippen LogP contribution in [0.25, 0.3) is 11.0 Å². The van der Waals surface area contributed by atoms with Gasteiger partial charge in [-0.2, -0.15) is 0 Å². The third kappa shape index (κ3) is 2.91. The van der Waals surface area contributed by atoms with E-state index in [0.717, 1.165) is 11.0 Å². The van der Waals surface area contributed by atoms with Crippen LogP contribution in [0.1, 0.15) is 18.7 Å². The van der Waals surface area contributed by atoms with Gasteiger partial charge in [-0.1, -0.05) is 12.1 Å². The number of ether oxygens (including phenoxy) is 3. The lowest BCUT2D eigenvalue weighted by Gasteiger charge is -2.33. The Morgan fingerprint density at radius 1 is 1.10 bits per heavy atom. The summed E-state index contributed by atoms with van der Waals surface area (Å²) in [5.74, 6) is 1.38. The first-order valence-corrected chi connectivity index (χ1v) is 9.51. The average Bonchev–Trinajstić information content (AvgIpc) is 3.30. The van der Waals surface area contributed by atoms with Crippen LogP contribution in [0.15, 0.2) is 47.5 Å². The van der Waals surface area contributed by atoms with Crippen LogP contribution in [-0.2, 0) is 9.53 Å². The topological polar surface area (TPSA) is 89.0 Å². The highest BCUT2D eigenvalue weighted by atomic mass is 16.5. The molecule has 0 aliphatic carbocycles. The summed E-state index contributed by atoms with van der Waals surface area (Å²) in [6.45, 7) is 1.73. The molecule has 30 heavy (non-hydrogen) atoms. The third-order valence-corrected chi connectivity index (χ3v) is 5.54. The van der Waals surface area contributed by atoms with Crippen LogP contribution >= 0.6 is 0 Å². The van der Waals surface area contributed by atoms with Crippen LogP contribution in [0.2, 0.25) is 0 Å². The molecule has 0 amide bonds. The molecule has 1 aromatic heterocycles. The lowest BCUT2D eigenvalue weighted by Crippen LogP contribution is -2.49. The Labute approximate surface area is 174 Å². The molecule has 1 saturated heterocycles. The van der Waals surface area contributed by atoms with Gasteiger partial charge >= 0.3 is 0 Å². The van der Waals surface area contributed by atoms with Crippen LogP contribution in [0, 0.1) is 0 Å². The summed E-state index contributed by atoms with van der Waals surface area (Å²) in [5, 5.41) is 0. The van der Waals surface area contributed by atoms with E-state index in [2.05, 4.69) is 15.0 Å². The molecule has 156 valence electrons. The number of anilines is 1. The van der Waals surface area contributed by atoms with E-state index in [1.54, 1.807) is 39.2 Å². The number of hydrogen-bond donors (Lipinski definition) is 1. The fraction of sp³-hybridized carbons (Fsp3) is 0.318. The highest BCUT2D eigenvalue weighted by molar-refractivity contribution is 6.26. The number of ketones is 1. The molecule has 1 fully saturated rings. The number of methoxy groups -OCH3 is 3. The van der Waals surface area contributed by atoms with Crippen molar-refractivity contribution < 1.29 is 19.0 Å². The number of aromatic amines is 1. The maximum atomic E-state index is 13.6. The molecule has 1 aliphatic heterocycles. The van der Waals surface area contributed by atoms with Gasteiger partial charge in [-0.05, 0) is 19.1 Å². The van der Waals surface area contributed by atoms with Crippen LogP contribution in [0.4, 0.5) is 5.69 Å². The first kappa shape index (κ1) is 19.9. The molecule has 3 aromatic rings. The molecule has 8 nitrogen and oxygen atoms in total. The number of carbonyl (C=O) groups excluding carboxylic acids is 1. The Morgan fingerprint density at radius 2 is 1.77 bits per heavy atom. The molecule has 0 spiro atoms. The number of para-hydroxylation sites is 2. The zero-order valence-electron chi connectivity index (χ0n) is 17.6. The molecule has 4 rings (SSSR count). The minimum Gasteiger partial charge on any atom is -0.497 e. The number of rotatable bonds is 5. The molecular weight excluding hydrogens is 384 g/mol. The Kier molecular flexibility index (Phi) is 4.95. The molecule has 1 N–H and O–H groups in total. The summed E-state index contributed by atoms with van der Waals surface area (Å²) in [6.07, 6.45) is 0. The third-order valence-electron chi connectivity index (χ3n) is 5.54. The lowest BCUT2D eigenvalue weighted by atomic mass is 10.0. The summed E-state index contributed by atoms with van der Waals surface area (Å²) in [5.41, 5.74) is 1.03. The summed E-state index contributed by atoms with van der Waals surface area (Å²) >= 11 is 0. The monoisotopic (exact) mass is 408 g/mol. The highest BCUT2D eigenvalue weighted by Gasteiger charge is 2.57. The number of nitrogens with one attached hydrogen (secondary N) is 1. The molecule has 1 aliphatic rings. The maximum absolute atomic E-state index is 13.6. The van der Waals surface area contributed by atoms with E-state index in [0.29, 0.717) is 28.8 Å². The molecular formula is C22H24N4O4. The quantitative estimate of drug-likeness (QED) is 0.698. The van der Waals surface area contributed by atoms with E-state index in [1.807, 2.05) is 36.4 Å². The zero-order valence-corrected chi connectivity index (χ0v) is 17.6. The van der Waals surface area contributed by atoms with E-state index < -0.39 is 11.6 Å². The number of aliphatic imine (C=N–C) groups is 1. The van der Waals surface area contributed by atoms with Crippen LogP contribution in [-0.4, -0.2) is 55.7 Å². The van der Waals surface area contributed by atoms with Gasteiger partial charge in [0, 0.05) is 32.4 Å². The van der Waals surface area contributed by atoms with Crippen molar-refractivity contribution >= 4 is 28.3 Å². The number of nitrogens with zero attached hydrogens (tertiary/aromatic N) is 3. The van der Waals surface area contributed by atoms with Gasteiger partial charge < -0.3 is 19.2 Å². The van der Waals surface area contributed by atoms with Crippen molar-refractivity contribution in [3.05, 3.63) is 48.3 Å². The van der Waals surface area contributed by atoms with Gasteiger partial charge in [0.15, 0.2) is 0 Å². The van der Waals surface area contributed by atoms with Crippen LogP contribution < -0.4 is 14.4 Å². The smallest absolute Gasteiger partial charge is 0.204 e. The molecule has 0 radical (unpaired) electrons. The predicted molar refractivity (Wildman–Crippen MR) is 115 cm³/mol. The Morgan fingerprint density at radius 3 is 2.33 bits per heavy atom. The molecule has 0 saturated carbocycles. The van der Waals surface area contributed by atoms with Crippen LogP contribution in [0.3, 0.4) is 0 Å². The van der Waals surface area contributed by atoms with E-state index in [-0.39, 0.29) is 5.78 Å². The number of carbonyl (C=O) groups is 1. The van der Waals surface area contributed by atoms with Crippen molar-refractivity contribution in [1.82, 2.24) is 9.97 Å². The lowest BCUT2D eigenvalue weighted by molar-refractivity contribution is -0.135. The number of Topliss-reactive ketones (excluding diaryl/α,β-unsaturated/α-hetero) is 1. The second kappa shape index (κ2) is 7.46. The maximum Gasteiger partial charge on any atom is 0.204 e. The fourth-order valence-electron chi connectivity index (χ4n) is 3.92. The first-order valence-electron chi connectivity index (χ1n) is 9.51. The van der Waals surface area contributed by atoms with Crippen molar-refractivity contribution in [3.63, 3.8) is 0 Å². The van der Waals surface area contributed by atoms with Gasteiger partial charge in [-0.25, -0.2) is 4.98 Å². The largest absolute Gasteiger partial charge is 0.497 e. The summed E-state index contributed by atoms with van der Waals surface area (Å²) < 4.78 is 16.6. The first-order chi connectivity index (χ1) is 14.5. The van der Waals surface area contributed by atoms with Gasteiger partial charge in [0.05, 0.1) is 30.9 Å². The van der Waals surface area contributed by atoms with Gasteiger partial charge in [-0.3, -0.25) is 14.7 Å². The van der Waals surface area contributed by atoms with Gasteiger partial charge in [0.1, 0.15) is 29.1 Å². The average molecular weight is 408 g/mol. The Balaban J connectivity index is 1.89. The second-order valence-corrected chi connectivity index (χ2v) is 7.11. The minimum atomic E-state index is -1.28. The number of hydrogen-bond acceptors (Lipinski definition) is 6. The number of H-pyrrole nitrogens is 1. The minimum absolute atomic E-state index is 0.161. The number of aromatic nitrogens is 2. The fourth-order valence-corrected chi connectivity index (χ4v) is 3.92. The number of benzene rings is 2. The van der Waals surface area contributed by atoms with E-state index in [1.165, 1.54) is 7.11 Å². The van der Waals surface area contributed by atoms with Crippen molar-refractivity contribution in [2.24, 2.45) is 4.99 Å². The number of amidine groups is 1. The molecule has 2 aromatic carbocycles. The van der Waals surface area contributed by atoms with E-state index in [9.17, 15) is 4.79 Å². The highest BCUT2D eigenvalue weighted by Crippen LogP contribution is 2.43. The normalized spacial score (nSPS) is 22.8. The van der Waals surface area contributed by atoms with Crippen molar-refractivity contribution in [2.45, 2.75) is 18.6 Å². The predicted octanol–water partition coefficient (Wildman–Crippen LogP) is 3.14. The summed E-state index contributed by atoms with van der Waals surface area (Å²) in [4.78, 5) is 27.8. The SMILES string of the molecule is CN=C1C(c2nc3ccccc3[nH]2)C(=O)C(C)(OC)N1c1cc(OC)cc(OC)c1.